The van der Waals surface area contributed by atoms with Crippen LogP contribution in [0.2, 0.25) is 0 Å². The first-order valence-electron chi connectivity index (χ1n) is 9.98. The van der Waals surface area contributed by atoms with Gasteiger partial charge in [-0.05, 0) is 43.4 Å². The molecular weight excluding hydrogens is 331 g/mol. The largest absolute Gasteiger partial charge is 0.379 e. The van der Waals surface area contributed by atoms with E-state index in [0.29, 0.717) is 13.0 Å². The van der Waals surface area contributed by atoms with Crippen molar-refractivity contribution in [1.29, 1.82) is 0 Å². The summed E-state index contributed by atoms with van der Waals surface area (Å²) in [6.45, 7) is 4.02. The maximum atomic E-state index is 13.5. The van der Waals surface area contributed by atoms with Gasteiger partial charge in [0.1, 0.15) is 5.82 Å². The average molecular weight is 360 g/mol. The Labute approximate surface area is 155 Å². The topological polar surface area (TPSA) is 41.6 Å². The number of halogens is 1. The molecule has 2 saturated carbocycles. The molecule has 0 bridgehead atoms. The first-order chi connectivity index (χ1) is 12.6. The number of nitrogens with one attached hydrogen (secondary N) is 1. The first kappa shape index (κ1) is 17.9. The van der Waals surface area contributed by atoms with Gasteiger partial charge in [0.2, 0.25) is 5.91 Å². The van der Waals surface area contributed by atoms with Crippen molar-refractivity contribution in [3.05, 3.63) is 35.6 Å². The van der Waals surface area contributed by atoms with Crippen LogP contribution in [0.1, 0.15) is 50.5 Å². The molecule has 1 aliphatic heterocycles. The molecule has 142 valence electrons. The van der Waals surface area contributed by atoms with Gasteiger partial charge in [-0.2, -0.15) is 0 Å². The summed E-state index contributed by atoms with van der Waals surface area (Å²) >= 11 is 0. The Kier molecular flexibility index (Phi) is 5.02. The molecule has 1 aromatic carbocycles. The van der Waals surface area contributed by atoms with Gasteiger partial charge in [-0.1, -0.05) is 25.0 Å². The minimum absolute atomic E-state index is 0.0173. The molecule has 0 unspecified atom stereocenters. The van der Waals surface area contributed by atoms with Gasteiger partial charge in [0, 0.05) is 37.0 Å². The fourth-order valence-corrected chi connectivity index (χ4v) is 4.84. The molecule has 26 heavy (non-hydrogen) atoms. The second-order valence-corrected chi connectivity index (χ2v) is 8.28. The lowest BCUT2D eigenvalue weighted by atomic mass is 9.89. The Morgan fingerprint density at radius 2 is 1.88 bits per heavy atom. The number of hydrogen-bond donors (Lipinski definition) is 1. The van der Waals surface area contributed by atoms with Crippen LogP contribution in [0.15, 0.2) is 24.3 Å². The third-order valence-corrected chi connectivity index (χ3v) is 6.62. The van der Waals surface area contributed by atoms with Gasteiger partial charge in [0.15, 0.2) is 0 Å². The molecule has 4 nitrogen and oxygen atoms in total. The number of benzene rings is 1. The van der Waals surface area contributed by atoms with Crippen molar-refractivity contribution < 1.29 is 13.9 Å². The van der Waals surface area contributed by atoms with Gasteiger partial charge in [-0.25, -0.2) is 4.39 Å². The number of carbonyl (C=O) groups excluding carboxylic acids is 1. The lowest BCUT2D eigenvalue weighted by molar-refractivity contribution is -0.125. The summed E-state index contributed by atoms with van der Waals surface area (Å²) in [6.07, 6.45) is 7.24. The van der Waals surface area contributed by atoms with Crippen molar-refractivity contribution in [2.75, 3.05) is 32.8 Å². The van der Waals surface area contributed by atoms with E-state index in [1.807, 2.05) is 6.07 Å². The number of nitrogens with zero attached hydrogens (tertiary/aromatic N) is 1. The summed E-state index contributed by atoms with van der Waals surface area (Å²) in [5.74, 6) is -0.0570. The van der Waals surface area contributed by atoms with Crippen molar-refractivity contribution in [2.45, 2.75) is 55.9 Å². The van der Waals surface area contributed by atoms with Crippen LogP contribution in [0.3, 0.4) is 0 Å². The van der Waals surface area contributed by atoms with Crippen LogP contribution in [-0.2, 0) is 14.9 Å². The maximum Gasteiger partial charge on any atom is 0.221 e. The number of morpholine rings is 1. The van der Waals surface area contributed by atoms with Crippen molar-refractivity contribution in [3.63, 3.8) is 0 Å². The summed E-state index contributed by atoms with van der Waals surface area (Å²) in [5.41, 5.74) is 0.977. The van der Waals surface area contributed by atoms with E-state index in [-0.39, 0.29) is 22.7 Å². The number of hydrogen-bond acceptors (Lipinski definition) is 3. The highest BCUT2D eigenvalue weighted by Gasteiger charge is 2.46. The zero-order valence-corrected chi connectivity index (χ0v) is 15.4. The molecule has 1 saturated heterocycles. The van der Waals surface area contributed by atoms with Crippen molar-refractivity contribution >= 4 is 5.91 Å². The highest BCUT2D eigenvalue weighted by Crippen LogP contribution is 2.48. The van der Waals surface area contributed by atoms with E-state index in [1.54, 1.807) is 12.1 Å². The highest BCUT2D eigenvalue weighted by molar-refractivity contribution is 5.77. The summed E-state index contributed by atoms with van der Waals surface area (Å²) in [4.78, 5) is 15.3. The molecule has 0 aromatic heterocycles. The van der Waals surface area contributed by atoms with Gasteiger partial charge in [-0.15, -0.1) is 0 Å². The van der Waals surface area contributed by atoms with Crippen LogP contribution in [0.4, 0.5) is 4.39 Å². The zero-order chi connectivity index (χ0) is 18.0. The quantitative estimate of drug-likeness (QED) is 0.848. The molecule has 3 fully saturated rings. The smallest absolute Gasteiger partial charge is 0.221 e. The molecule has 0 radical (unpaired) electrons. The van der Waals surface area contributed by atoms with Crippen LogP contribution in [0, 0.1) is 5.82 Å². The summed E-state index contributed by atoms with van der Waals surface area (Å²) in [6, 6.07) is 6.84. The number of rotatable bonds is 6. The molecule has 1 aromatic rings. The Hall–Kier alpha value is -1.46. The van der Waals surface area contributed by atoms with Gasteiger partial charge in [0.25, 0.3) is 0 Å². The third kappa shape index (κ3) is 3.65. The molecule has 0 atom stereocenters. The van der Waals surface area contributed by atoms with Crippen molar-refractivity contribution in [3.8, 4) is 0 Å². The first-order valence-corrected chi connectivity index (χ1v) is 9.98. The molecule has 1 amide bonds. The lowest BCUT2D eigenvalue weighted by Gasteiger charge is -2.43. The third-order valence-electron chi connectivity index (χ3n) is 6.62. The molecular formula is C21H29FN2O2. The Morgan fingerprint density at radius 1 is 1.15 bits per heavy atom. The van der Waals surface area contributed by atoms with Crippen LogP contribution < -0.4 is 5.32 Å². The maximum absolute atomic E-state index is 13.5. The Bertz CT molecular complexity index is 647. The van der Waals surface area contributed by atoms with E-state index in [2.05, 4.69) is 10.2 Å². The summed E-state index contributed by atoms with van der Waals surface area (Å²) in [7, 11) is 0. The minimum Gasteiger partial charge on any atom is -0.379 e. The van der Waals surface area contributed by atoms with Gasteiger partial charge in [0.05, 0.1) is 13.2 Å². The number of carbonyl (C=O) groups is 1. The summed E-state index contributed by atoms with van der Waals surface area (Å²) in [5, 5.41) is 3.17. The fraction of sp³-hybridized carbons (Fsp3) is 0.667. The van der Waals surface area contributed by atoms with Crippen molar-refractivity contribution in [1.82, 2.24) is 10.2 Å². The van der Waals surface area contributed by atoms with E-state index < -0.39 is 0 Å². The second-order valence-electron chi connectivity index (χ2n) is 8.28. The van der Waals surface area contributed by atoms with E-state index in [1.165, 1.54) is 18.9 Å². The molecule has 1 heterocycles. The van der Waals surface area contributed by atoms with Crippen LogP contribution >= 0.6 is 0 Å². The van der Waals surface area contributed by atoms with Gasteiger partial charge < -0.3 is 10.1 Å². The van der Waals surface area contributed by atoms with Gasteiger partial charge >= 0.3 is 0 Å². The van der Waals surface area contributed by atoms with Crippen LogP contribution in [0.25, 0.3) is 0 Å². The highest BCUT2D eigenvalue weighted by atomic mass is 19.1. The molecule has 0 spiro atoms. The standard InChI is InChI=1S/C21H29FN2O2/c22-18-5-3-4-17(14-18)20(8-9-20)16-23-19(25)15-21(6-1-2-7-21)24-10-12-26-13-11-24/h3-5,14H,1-2,6-13,15-16H2,(H,23,25). The van der Waals surface area contributed by atoms with Crippen LogP contribution in [-0.4, -0.2) is 49.2 Å². The number of amides is 1. The Morgan fingerprint density at radius 3 is 2.54 bits per heavy atom. The lowest BCUT2D eigenvalue weighted by Crippen LogP contribution is -2.54. The van der Waals surface area contributed by atoms with E-state index in [4.69, 9.17) is 4.74 Å². The fourth-order valence-electron chi connectivity index (χ4n) is 4.84. The normalized spacial score (nSPS) is 24.3. The van der Waals surface area contributed by atoms with E-state index in [9.17, 15) is 9.18 Å². The Balaban J connectivity index is 1.37. The van der Waals surface area contributed by atoms with E-state index >= 15 is 0 Å². The molecule has 2 aliphatic carbocycles. The zero-order valence-electron chi connectivity index (χ0n) is 15.4. The molecule has 1 N–H and O–H groups in total. The van der Waals surface area contributed by atoms with E-state index in [0.717, 1.165) is 57.6 Å². The monoisotopic (exact) mass is 360 g/mol. The average Bonchev–Trinajstić information content (AvgIpc) is 3.32. The molecule has 3 aliphatic rings. The predicted molar refractivity (Wildman–Crippen MR) is 98.5 cm³/mol. The SMILES string of the molecule is O=C(CC1(N2CCOCC2)CCCC1)NCC1(c2cccc(F)c2)CC1. The molecule has 5 heteroatoms. The number of ether oxygens (including phenoxy) is 1. The second kappa shape index (κ2) is 7.28. The summed E-state index contributed by atoms with van der Waals surface area (Å²) < 4.78 is 19.0. The van der Waals surface area contributed by atoms with Gasteiger partial charge in [-0.3, -0.25) is 9.69 Å². The van der Waals surface area contributed by atoms with Crippen molar-refractivity contribution in [2.24, 2.45) is 0 Å². The minimum atomic E-state index is -0.197. The van der Waals surface area contributed by atoms with Crippen LogP contribution in [0.5, 0.6) is 0 Å². The molecule has 4 rings (SSSR count). The predicted octanol–water partition coefficient (Wildman–Crippen LogP) is 3.01.